The Morgan fingerprint density at radius 3 is 2.36 bits per heavy atom. The summed E-state index contributed by atoms with van der Waals surface area (Å²) in [5.41, 5.74) is 1.26. The van der Waals surface area contributed by atoms with E-state index in [4.69, 9.17) is 0 Å². The lowest BCUT2D eigenvalue weighted by Crippen LogP contribution is -2.49. The summed E-state index contributed by atoms with van der Waals surface area (Å²) < 4.78 is 14.6. The van der Waals surface area contributed by atoms with Gasteiger partial charge in [-0.3, -0.25) is 19.3 Å². The number of piperidine rings is 1. The van der Waals surface area contributed by atoms with Gasteiger partial charge in [0.05, 0.1) is 24.2 Å². The van der Waals surface area contributed by atoms with Crippen LogP contribution in [0, 0.1) is 17.7 Å². The number of fused-ring (bicyclic) bond motifs is 2. The lowest BCUT2D eigenvalue weighted by atomic mass is 9.82. The van der Waals surface area contributed by atoms with Crippen LogP contribution >= 0.6 is 0 Å². The van der Waals surface area contributed by atoms with Crippen molar-refractivity contribution in [2.24, 2.45) is 11.8 Å². The van der Waals surface area contributed by atoms with Crippen molar-refractivity contribution < 1.29 is 18.8 Å². The summed E-state index contributed by atoms with van der Waals surface area (Å²) in [6.07, 6.45) is 6.81. The quantitative estimate of drug-likeness (QED) is 0.754. The number of nitrogens with one attached hydrogen (secondary N) is 1. The minimum atomic E-state index is -0.609. The first kappa shape index (κ1) is 22.3. The molecule has 1 N–H and O–H groups in total. The lowest BCUT2D eigenvalue weighted by molar-refractivity contribution is -0.132. The zero-order valence-corrected chi connectivity index (χ0v) is 19.3. The van der Waals surface area contributed by atoms with Crippen molar-refractivity contribution in [3.8, 4) is 0 Å². The van der Waals surface area contributed by atoms with Gasteiger partial charge in [-0.2, -0.15) is 0 Å². The normalized spacial score (nSPS) is 25.8. The van der Waals surface area contributed by atoms with E-state index in [1.165, 1.54) is 44.9 Å². The number of likely N-dealkylation sites (tertiary alicyclic amines) is 2. The highest BCUT2D eigenvalue weighted by atomic mass is 19.1. The van der Waals surface area contributed by atoms with Crippen molar-refractivity contribution in [2.75, 3.05) is 44.7 Å². The first-order valence-corrected chi connectivity index (χ1v) is 12.3. The molecule has 1 aromatic carbocycles. The maximum atomic E-state index is 14.6. The number of carbonyl (C=O) groups excluding carboxylic acids is 3. The smallest absolute Gasteiger partial charge is 0.254 e. The molecule has 0 spiro atoms. The van der Waals surface area contributed by atoms with E-state index in [0.717, 1.165) is 39.0 Å². The fraction of sp³-hybridized carbons (Fsp3) is 0.640. The van der Waals surface area contributed by atoms with Crippen molar-refractivity contribution in [1.82, 2.24) is 15.1 Å². The zero-order valence-electron chi connectivity index (χ0n) is 19.3. The SMILES string of the molecule is CNC(=O)c1cc2c(cc1F)N(C1CCN(CC(=O)N3CC4CCCCC4C3)CC1)C(=O)C2. The van der Waals surface area contributed by atoms with Crippen molar-refractivity contribution in [2.45, 2.75) is 51.0 Å². The summed E-state index contributed by atoms with van der Waals surface area (Å²) in [7, 11) is 1.46. The van der Waals surface area contributed by atoms with Crippen molar-refractivity contribution in [3.63, 3.8) is 0 Å². The second-order valence-electron chi connectivity index (χ2n) is 10.1. The molecule has 1 aliphatic carbocycles. The monoisotopic (exact) mass is 456 g/mol. The van der Waals surface area contributed by atoms with Gasteiger partial charge in [-0.05, 0) is 55.2 Å². The Morgan fingerprint density at radius 2 is 1.73 bits per heavy atom. The zero-order chi connectivity index (χ0) is 23.1. The summed E-state index contributed by atoms with van der Waals surface area (Å²) in [5.74, 6) is 0.471. The number of hydrogen-bond acceptors (Lipinski definition) is 4. The fourth-order valence-corrected chi connectivity index (χ4v) is 6.30. The summed E-state index contributed by atoms with van der Waals surface area (Å²) in [4.78, 5) is 43.6. The number of halogens is 1. The van der Waals surface area contributed by atoms with Gasteiger partial charge in [-0.15, -0.1) is 0 Å². The van der Waals surface area contributed by atoms with Crippen LogP contribution in [0.3, 0.4) is 0 Å². The number of carbonyl (C=O) groups is 3. The van der Waals surface area contributed by atoms with E-state index in [9.17, 15) is 18.8 Å². The predicted molar refractivity (Wildman–Crippen MR) is 122 cm³/mol. The Labute approximate surface area is 194 Å². The van der Waals surface area contributed by atoms with Crippen LogP contribution in [0.1, 0.15) is 54.4 Å². The number of amides is 3. The maximum Gasteiger partial charge on any atom is 0.254 e. The van der Waals surface area contributed by atoms with Crippen LogP contribution < -0.4 is 10.2 Å². The topological polar surface area (TPSA) is 73.0 Å². The van der Waals surface area contributed by atoms with E-state index in [1.54, 1.807) is 4.90 Å². The van der Waals surface area contributed by atoms with Crippen molar-refractivity contribution >= 4 is 23.4 Å². The minimum absolute atomic E-state index is 0.00925. The van der Waals surface area contributed by atoms with E-state index in [0.29, 0.717) is 29.6 Å². The third-order valence-corrected chi connectivity index (χ3v) is 8.12. The summed E-state index contributed by atoms with van der Waals surface area (Å²) in [6, 6.07) is 2.82. The third kappa shape index (κ3) is 4.25. The number of benzene rings is 1. The van der Waals surface area contributed by atoms with Crippen LogP contribution in [0.25, 0.3) is 0 Å². The molecule has 1 saturated carbocycles. The molecule has 8 heteroatoms. The highest BCUT2D eigenvalue weighted by molar-refractivity contribution is 6.04. The van der Waals surface area contributed by atoms with E-state index in [2.05, 4.69) is 15.1 Å². The number of hydrogen-bond donors (Lipinski definition) is 1. The summed E-state index contributed by atoms with van der Waals surface area (Å²) >= 11 is 0. The van der Waals surface area contributed by atoms with Crippen LogP contribution in [-0.4, -0.2) is 73.3 Å². The Balaban J connectivity index is 1.19. The summed E-state index contributed by atoms with van der Waals surface area (Å²) in [6.45, 7) is 3.77. The van der Waals surface area contributed by atoms with Crippen LogP contribution in [-0.2, 0) is 16.0 Å². The van der Waals surface area contributed by atoms with Gasteiger partial charge in [-0.1, -0.05) is 12.8 Å². The molecule has 3 heterocycles. The molecule has 2 atom stereocenters. The highest BCUT2D eigenvalue weighted by Crippen LogP contribution is 2.37. The molecule has 33 heavy (non-hydrogen) atoms. The van der Waals surface area contributed by atoms with Crippen LogP contribution in [0.15, 0.2) is 12.1 Å². The first-order valence-electron chi connectivity index (χ1n) is 12.3. The Hall–Kier alpha value is -2.48. The molecule has 0 bridgehead atoms. The van der Waals surface area contributed by atoms with E-state index in [-0.39, 0.29) is 29.8 Å². The minimum Gasteiger partial charge on any atom is -0.355 e. The average molecular weight is 457 g/mol. The van der Waals surface area contributed by atoms with E-state index in [1.807, 2.05) is 0 Å². The van der Waals surface area contributed by atoms with Gasteiger partial charge in [0, 0.05) is 39.3 Å². The number of nitrogens with zero attached hydrogens (tertiary/aromatic N) is 3. The molecule has 3 amide bonds. The van der Waals surface area contributed by atoms with Gasteiger partial charge in [-0.25, -0.2) is 4.39 Å². The molecular weight excluding hydrogens is 423 g/mol. The molecule has 2 unspecified atom stereocenters. The van der Waals surface area contributed by atoms with Crippen LogP contribution in [0.5, 0.6) is 0 Å². The second-order valence-corrected chi connectivity index (χ2v) is 10.1. The van der Waals surface area contributed by atoms with Gasteiger partial charge >= 0.3 is 0 Å². The van der Waals surface area contributed by atoms with Crippen LogP contribution in [0.2, 0.25) is 0 Å². The molecule has 0 aromatic heterocycles. The van der Waals surface area contributed by atoms with Crippen LogP contribution in [0.4, 0.5) is 10.1 Å². The molecule has 1 aromatic rings. The Morgan fingerprint density at radius 1 is 1.06 bits per heavy atom. The fourth-order valence-electron chi connectivity index (χ4n) is 6.30. The first-order chi connectivity index (χ1) is 15.9. The Kier molecular flexibility index (Phi) is 6.12. The molecule has 2 saturated heterocycles. The van der Waals surface area contributed by atoms with Gasteiger partial charge in [0.25, 0.3) is 5.91 Å². The van der Waals surface area contributed by atoms with Crippen molar-refractivity contribution in [3.05, 3.63) is 29.1 Å². The summed E-state index contributed by atoms with van der Waals surface area (Å²) in [5, 5.41) is 2.44. The van der Waals surface area contributed by atoms with E-state index >= 15 is 0 Å². The van der Waals surface area contributed by atoms with Gasteiger partial charge in [0.2, 0.25) is 11.8 Å². The van der Waals surface area contributed by atoms with Gasteiger partial charge in [0.1, 0.15) is 5.82 Å². The lowest BCUT2D eigenvalue weighted by Gasteiger charge is -2.37. The molecule has 5 rings (SSSR count). The highest BCUT2D eigenvalue weighted by Gasteiger charge is 2.39. The standard InChI is InChI=1S/C25H33FN4O3/c1-27-25(33)20-10-18-11-23(31)30(22(18)12-21(20)26)19-6-8-28(9-7-19)15-24(32)29-13-16-4-2-3-5-17(16)14-29/h10,12,16-17,19H,2-9,11,13-15H2,1H3,(H,27,33). The number of anilines is 1. The molecule has 7 nitrogen and oxygen atoms in total. The predicted octanol–water partition coefficient (Wildman–Crippen LogP) is 2.19. The molecule has 178 valence electrons. The van der Waals surface area contributed by atoms with Gasteiger partial charge in [0.15, 0.2) is 0 Å². The number of rotatable bonds is 4. The third-order valence-electron chi connectivity index (χ3n) is 8.12. The van der Waals surface area contributed by atoms with Gasteiger partial charge < -0.3 is 15.1 Å². The van der Waals surface area contributed by atoms with E-state index < -0.39 is 11.7 Å². The second kappa shape index (κ2) is 9.05. The maximum absolute atomic E-state index is 14.6. The molecule has 3 fully saturated rings. The largest absolute Gasteiger partial charge is 0.355 e. The molecule has 3 aliphatic heterocycles. The van der Waals surface area contributed by atoms with Crippen molar-refractivity contribution in [1.29, 1.82) is 0 Å². The molecule has 4 aliphatic rings. The molecule has 0 radical (unpaired) electrons. The Bertz CT molecular complexity index is 945. The average Bonchev–Trinajstić information content (AvgIpc) is 3.39. The molecular formula is C25H33FN4O3.